The highest BCUT2D eigenvalue weighted by molar-refractivity contribution is 7.16. The number of nitrogens with one attached hydrogen (secondary N) is 1. The lowest BCUT2D eigenvalue weighted by Gasteiger charge is -2.05. The van der Waals surface area contributed by atoms with Gasteiger partial charge in [-0.1, -0.05) is 35.5 Å². The Hall–Kier alpha value is -2.93. The van der Waals surface area contributed by atoms with E-state index in [4.69, 9.17) is 9.26 Å². The summed E-state index contributed by atoms with van der Waals surface area (Å²) in [6.45, 7) is 5.39. The Kier molecular flexibility index (Phi) is 5.71. The number of thiophene rings is 1. The van der Waals surface area contributed by atoms with Crippen LogP contribution in [0.3, 0.4) is 0 Å². The Morgan fingerprint density at radius 1 is 1.22 bits per heavy atom. The van der Waals surface area contributed by atoms with Gasteiger partial charge in [0.2, 0.25) is 0 Å². The maximum atomic E-state index is 12.7. The van der Waals surface area contributed by atoms with Crippen molar-refractivity contribution in [2.75, 3.05) is 11.9 Å². The van der Waals surface area contributed by atoms with Crippen molar-refractivity contribution < 1.29 is 18.8 Å². The topological polar surface area (TPSA) is 81.4 Å². The lowest BCUT2D eigenvalue weighted by Crippen LogP contribution is -2.15. The fraction of sp³-hybridized carbons (Fsp3) is 0.250. The number of aromatic nitrogens is 1. The molecule has 140 valence electrons. The number of hydrogen-bond donors (Lipinski definition) is 1. The Morgan fingerprint density at radius 3 is 2.59 bits per heavy atom. The van der Waals surface area contributed by atoms with Crippen LogP contribution in [-0.4, -0.2) is 23.6 Å². The molecule has 0 fully saturated rings. The lowest BCUT2D eigenvalue weighted by molar-refractivity contribution is 0.0528. The van der Waals surface area contributed by atoms with Crippen molar-refractivity contribution in [2.24, 2.45) is 0 Å². The Bertz CT molecular complexity index is 940. The summed E-state index contributed by atoms with van der Waals surface area (Å²) < 4.78 is 10.2. The molecule has 0 atom stereocenters. The molecule has 3 aromatic rings. The molecule has 1 aromatic carbocycles. The van der Waals surface area contributed by atoms with E-state index in [-0.39, 0.29) is 12.5 Å². The first kappa shape index (κ1) is 18.8. The standard InChI is InChI=1S/C20H20N2O4S/c1-4-25-20(24)16-11-15(10-14-8-6-5-7-9-14)27-19(16)21-18(23)17-12(2)22-26-13(17)3/h5-9,11H,4,10H2,1-3H3,(H,21,23). The molecular weight excluding hydrogens is 364 g/mol. The zero-order valence-corrected chi connectivity index (χ0v) is 16.2. The van der Waals surface area contributed by atoms with Crippen LogP contribution in [0.25, 0.3) is 0 Å². The fourth-order valence-corrected chi connectivity index (χ4v) is 3.83. The first-order valence-corrected chi connectivity index (χ1v) is 9.39. The van der Waals surface area contributed by atoms with Crippen molar-refractivity contribution in [1.82, 2.24) is 5.16 Å². The van der Waals surface area contributed by atoms with E-state index in [0.717, 1.165) is 10.4 Å². The van der Waals surface area contributed by atoms with Gasteiger partial charge in [-0.05, 0) is 32.4 Å². The molecule has 0 saturated carbocycles. The summed E-state index contributed by atoms with van der Waals surface area (Å²) in [6, 6.07) is 11.7. The predicted molar refractivity (Wildman–Crippen MR) is 103 cm³/mol. The average Bonchev–Trinajstić information content (AvgIpc) is 3.18. The van der Waals surface area contributed by atoms with Crippen LogP contribution in [0.2, 0.25) is 0 Å². The molecule has 0 saturated heterocycles. The molecule has 0 aliphatic heterocycles. The van der Waals surface area contributed by atoms with Gasteiger partial charge in [-0.25, -0.2) is 4.79 Å². The molecule has 1 N–H and O–H groups in total. The van der Waals surface area contributed by atoms with Crippen molar-refractivity contribution >= 4 is 28.2 Å². The molecule has 0 bridgehead atoms. The second-order valence-electron chi connectivity index (χ2n) is 5.99. The van der Waals surface area contributed by atoms with Crippen LogP contribution < -0.4 is 5.32 Å². The Morgan fingerprint density at radius 2 is 1.96 bits per heavy atom. The molecule has 3 rings (SSSR count). The predicted octanol–water partition coefficient (Wildman–Crippen LogP) is 4.37. The first-order valence-electron chi connectivity index (χ1n) is 8.57. The summed E-state index contributed by atoms with van der Waals surface area (Å²) in [4.78, 5) is 26.0. The molecule has 0 aliphatic carbocycles. The number of rotatable bonds is 6. The number of ether oxygens (including phenoxy) is 1. The first-order chi connectivity index (χ1) is 13.0. The number of anilines is 1. The summed E-state index contributed by atoms with van der Waals surface area (Å²) >= 11 is 1.36. The summed E-state index contributed by atoms with van der Waals surface area (Å²) in [5.41, 5.74) is 2.36. The van der Waals surface area contributed by atoms with Gasteiger partial charge >= 0.3 is 5.97 Å². The third-order valence-corrected chi connectivity index (χ3v) is 5.04. The van der Waals surface area contributed by atoms with Crippen molar-refractivity contribution in [3.8, 4) is 0 Å². The zero-order valence-electron chi connectivity index (χ0n) is 15.4. The fourth-order valence-electron chi connectivity index (χ4n) is 2.75. The third-order valence-electron chi connectivity index (χ3n) is 3.99. The number of amides is 1. The second kappa shape index (κ2) is 8.18. The van der Waals surface area contributed by atoms with Crippen LogP contribution in [0.1, 0.15) is 49.5 Å². The Balaban J connectivity index is 1.90. The van der Waals surface area contributed by atoms with Crippen LogP contribution in [0.15, 0.2) is 40.9 Å². The van der Waals surface area contributed by atoms with E-state index >= 15 is 0 Å². The number of carbonyl (C=O) groups is 2. The highest BCUT2D eigenvalue weighted by Gasteiger charge is 2.23. The molecule has 0 radical (unpaired) electrons. The monoisotopic (exact) mass is 384 g/mol. The molecule has 6 nitrogen and oxygen atoms in total. The normalized spacial score (nSPS) is 10.6. The molecule has 0 aliphatic rings. The van der Waals surface area contributed by atoms with E-state index in [1.807, 2.05) is 30.3 Å². The molecule has 1 amide bonds. The molecule has 0 spiro atoms. The highest BCUT2D eigenvalue weighted by atomic mass is 32.1. The van der Waals surface area contributed by atoms with Crippen LogP contribution in [0.4, 0.5) is 5.00 Å². The summed E-state index contributed by atoms with van der Waals surface area (Å²) in [5.74, 6) is -0.379. The molecule has 2 heterocycles. The van der Waals surface area contributed by atoms with Crippen molar-refractivity contribution in [3.05, 3.63) is 69.4 Å². The molecule has 0 unspecified atom stereocenters. The molecule has 7 heteroatoms. The zero-order chi connectivity index (χ0) is 19.4. The number of benzene rings is 1. The van der Waals surface area contributed by atoms with Crippen molar-refractivity contribution in [1.29, 1.82) is 0 Å². The minimum Gasteiger partial charge on any atom is -0.462 e. The van der Waals surface area contributed by atoms with Gasteiger partial charge in [-0.2, -0.15) is 0 Å². The van der Waals surface area contributed by atoms with Gasteiger partial charge in [0.1, 0.15) is 16.3 Å². The van der Waals surface area contributed by atoms with Crippen molar-refractivity contribution in [2.45, 2.75) is 27.2 Å². The summed E-state index contributed by atoms with van der Waals surface area (Å²) in [6.07, 6.45) is 0.666. The summed E-state index contributed by atoms with van der Waals surface area (Å²) in [5, 5.41) is 7.08. The molecule has 2 aromatic heterocycles. The maximum Gasteiger partial charge on any atom is 0.341 e. The number of hydrogen-bond acceptors (Lipinski definition) is 6. The van der Waals surface area contributed by atoms with E-state index < -0.39 is 5.97 Å². The Labute approximate surface area is 161 Å². The highest BCUT2D eigenvalue weighted by Crippen LogP contribution is 2.31. The van der Waals surface area contributed by atoms with E-state index in [1.54, 1.807) is 26.8 Å². The van der Waals surface area contributed by atoms with Crippen LogP contribution in [-0.2, 0) is 11.2 Å². The summed E-state index contributed by atoms with van der Waals surface area (Å²) in [7, 11) is 0. The average molecular weight is 384 g/mol. The van der Waals surface area contributed by atoms with Crippen LogP contribution >= 0.6 is 11.3 Å². The largest absolute Gasteiger partial charge is 0.462 e. The van der Waals surface area contributed by atoms with E-state index in [2.05, 4.69) is 10.5 Å². The quantitative estimate of drug-likeness (QED) is 0.638. The lowest BCUT2D eigenvalue weighted by atomic mass is 10.1. The van der Waals surface area contributed by atoms with Gasteiger partial charge in [0, 0.05) is 11.3 Å². The molecular formula is C20H20N2O4S. The van der Waals surface area contributed by atoms with E-state index in [9.17, 15) is 9.59 Å². The number of aryl methyl sites for hydroxylation is 2. The minimum absolute atomic E-state index is 0.264. The van der Waals surface area contributed by atoms with Gasteiger partial charge in [-0.15, -0.1) is 11.3 Å². The van der Waals surface area contributed by atoms with Gasteiger partial charge in [-0.3, -0.25) is 4.79 Å². The van der Waals surface area contributed by atoms with Gasteiger partial charge in [0.25, 0.3) is 5.91 Å². The van der Waals surface area contributed by atoms with E-state index in [0.29, 0.717) is 34.0 Å². The number of carbonyl (C=O) groups excluding carboxylic acids is 2. The van der Waals surface area contributed by atoms with Gasteiger partial charge in [0.05, 0.1) is 17.9 Å². The second-order valence-corrected chi connectivity index (χ2v) is 7.13. The van der Waals surface area contributed by atoms with Crippen LogP contribution in [0.5, 0.6) is 0 Å². The third kappa shape index (κ3) is 4.25. The SMILES string of the molecule is CCOC(=O)c1cc(Cc2ccccc2)sc1NC(=O)c1c(C)noc1C. The number of nitrogens with zero attached hydrogens (tertiary/aromatic N) is 1. The minimum atomic E-state index is -0.456. The van der Waals surface area contributed by atoms with Crippen LogP contribution in [0, 0.1) is 13.8 Å². The smallest absolute Gasteiger partial charge is 0.341 e. The van der Waals surface area contributed by atoms with Gasteiger partial charge in [0.15, 0.2) is 0 Å². The molecule has 27 heavy (non-hydrogen) atoms. The van der Waals surface area contributed by atoms with Gasteiger partial charge < -0.3 is 14.6 Å². The van der Waals surface area contributed by atoms with E-state index in [1.165, 1.54) is 11.3 Å². The maximum absolute atomic E-state index is 12.7. The van der Waals surface area contributed by atoms with Crippen molar-refractivity contribution in [3.63, 3.8) is 0 Å². The number of esters is 1.